The normalized spacial score (nSPS) is 17.7. The standard InChI is InChI=1S/C31H40N6O4/c1-18(2)37-11-9-31(10-12-37)39-17-22-13-21(7-8-25(22)41-31)29(34-5)23-14-27(26(38-6)15-24(23)32)40-30(33)28-19(3)16-35-36-20(28)4/h7-8,13-16,18,30H,9-12,17,32-33H2,1-6H3/b34-29-/t30-/m0/s1. The van der Waals surface area contributed by atoms with Crippen molar-refractivity contribution in [1.82, 2.24) is 15.1 Å². The summed E-state index contributed by atoms with van der Waals surface area (Å²) in [5.74, 6) is 1.20. The molecule has 3 heterocycles. The first-order chi connectivity index (χ1) is 19.6. The zero-order chi connectivity index (χ0) is 29.3. The predicted octanol–water partition coefficient (Wildman–Crippen LogP) is 4.30. The van der Waals surface area contributed by atoms with Crippen molar-refractivity contribution >= 4 is 11.4 Å². The lowest BCUT2D eigenvalue weighted by atomic mass is 9.96. The Morgan fingerprint density at radius 3 is 2.54 bits per heavy atom. The molecule has 1 aromatic heterocycles. The zero-order valence-electron chi connectivity index (χ0n) is 24.7. The second-order valence-corrected chi connectivity index (χ2v) is 11.0. The lowest BCUT2D eigenvalue weighted by Gasteiger charge is -2.45. The van der Waals surface area contributed by atoms with Crippen molar-refractivity contribution in [3.8, 4) is 17.2 Å². The number of aromatic nitrogens is 2. The van der Waals surface area contributed by atoms with E-state index in [4.69, 9.17) is 30.4 Å². The van der Waals surface area contributed by atoms with E-state index in [1.165, 1.54) is 0 Å². The zero-order valence-corrected chi connectivity index (χ0v) is 24.7. The minimum atomic E-state index is -0.782. The van der Waals surface area contributed by atoms with E-state index in [0.29, 0.717) is 46.8 Å². The van der Waals surface area contributed by atoms with Gasteiger partial charge in [-0.25, -0.2) is 0 Å². The molecular weight excluding hydrogens is 520 g/mol. The average Bonchev–Trinajstić information content (AvgIpc) is 2.95. The second-order valence-electron chi connectivity index (χ2n) is 11.0. The van der Waals surface area contributed by atoms with Gasteiger partial charge in [-0.05, 0) is 57.5 Å². The van der Waals surface area contributed by atoms with E-state index in [0.717, 1.165) is 53.9 Å². The summed E-state index contributed by atoms with van der Waals surface area (Å²) >= 11 is 0. The van der Waals surface area contributed by atoms with Crippen LogP contribution in [0.25, 0.3) is 0 Å². The van der Waals surface area contributed by atoms with Crippen molar-refractivity contribution in [2.24, 2.45) is 10.7 Å². The molecule has 0 unspecified atom stereocenters. The maximum atomic E-state index is 6.51. The molecule has 0 amide bonds. The van der Waals surface area contributed by atoms with Gasteiger partial charge in [-0.2, -0.15) is 10.2 Å². The van der Waals surface area contributed by atoms with Gasteiger partial charge in [-0.1, -0.05) is 0 Å². The Bertz CT molecular complexity index is 1430. The molecule has 2 aliphatic rings. The van der Waals surface area contributed by atoms with Crippen LogP contribution >= 0.6 is 0 Å². The molecule has 1 atom stereocenters. The van der Waals surface area contributed by atoms with Gasteiger partial charge in [-0.3, -0.25) is 10.7 Å². The smallest absolute Gasteiger partial charge is 0.213 e. The molecule has 41 heavy (non-hydrogen) atoms. The SMILES string of the molecule is C/N=C(/c1ccc2c(c1)COC1(CCN(C(C)C)CC1)O2)c1cc(O[C@H](N)c2c(C)cnnc2C)c(OC)cc1N. The highest BCUT2D eigenvalue weighted by atomic mass is 16.7. The summed E-state index contributed by atoms with van der Waals surface area (Å²) in [6.07, 6.45) is 2.57. The van der Waals surface area contributed by atoms with Crippen LogP contribution in [0.5, 0.6) is 17.2 Å². The molecule has 4 N–H and O–H groups in total. The molecule has 3 aromatic rings. The quantitative estimate of drug-likeness (QED) is 0.247. The van der Waals surface area contributed by atoms with Crippen LogP contribution in [0.4, 0.5) is 5.69 Å². The van der Waals surface area contributed by atoms with E-state index >= 15 is 0 Å². The summed E-state index contributed by atoms with van der Waals surface area (Å²) < 4.78 is 24.6. The predicted molar refractivity (Wildman–Crippen MR) is 159 cm³/mol. The maximum Gasteiger partial charge on any atom is 0.213 e. The Hall–Kier alpha value is -3.73. The number of nitrogens with zero attached hydrogens (tertiary/aromatic N) is 4. The van der Waals surface area contributed by atoms with Crippen molar-refractivity contribution in [3.63, 3.8) is 0 Å². The van der Waals surface area contributed by atoms with Crippen molar-refractivity contribution in [2.75, 3.05) is 33.0 Å². The number of fused-ring (bicyclic) bond motifs is 1. The molecule has 5 rings (SSSR count). The topological polar surface area (TPSA) is 130 Å². The molecule has 10 nitrogen and oxygen atoms in total. The Morgan fingerprint density at radius 2 is 1.88 bits per heavy atom. The van der Waals surface area contributed by atoms with Crippen LogP contribution in [-0.4, -0.2) is 59.9 Å². The van der Waals surface area contributed by atoms with Crippen molar-refractivity contribution < 1.29 is 18.9 Å². The Balaban J connectivity index is 1.41. The van der Waals surface area contributed by atoms with E-state index < -0.39 is 12.0 Å². The van der Waals surface area contributed by atoms with Gasteiger partial charge in [0.05, 0.1) is 31.3 Å². The Morgan fingerprint density at radius 1 is 1.12 bits per heavy atom. The molecule has 0 saturated carbocycles. The molecule has 1 fully saturated rings. The average molecular weight is 561 g/mol. The van der Waals surface area contributed by atoms with E-state index in [1.54, 1.807) is 26.4 Å². The van der Waals surface area contributed by atoms with E-state index in [-0.39, 0.29) is 0 Å². The third-order valence-electron chi connectivity index (χ3n) is 8.04. The number of piperidine rings is 1. The number of aryl methyl sites for hydroxylation is 2. The summed E-state index contributed by atoms with van der Waals surface area (Å²) in [6.45, 7) is 10.6. The third-order valence-corrected chi connectivity index (χ3v) is 8.04. The van der Waals surface area contributed by atoms with Crippen LogP contribution in [0.15, 0.2) is 41.5 Å². The van der Waals surface area contributed by atoms with Crippen LogP contribution in [0.2, 0.25) is 0 Å². The molecule has 0 bridgehead atoms. The number of nitrogens with two attached hydrogens (primary N) is 2. The molecule has 10 heteroatoms. The summed E-state index contributed by atoms with van der Waals surface area (Å²) in [4.78, 5) is 7.07. The Labute approximate surface area is 241 Å². The number of benzene rings is 2. The first kappa shape index (κ1) is 28.8. The first-order valence-electron chi connectivity index (χ1n) is 14.0. The fraction of sp³-hybridized carbons (Fsp3) is 0.452. The van der Waals surface area contributed by atoms with E-state index in [9.17, 15) is 0 Å². The summed E-state index contributed by atoms with van der Waals surface area (Å²) in [7, 11) is 3.31. The molecule has 2 aliphatic heterocycles. The number of rotatable bonds is 7. The summed E-state index contributed by atoms with van der Waals surface area (Å²) in [5.41, 5.74) is 19.1. The molecule has 2 aromatic carbocycles. The van der Waals surface area contributed by atoms with Crippen molar-refractivity contribution in [3.05, 3.63) is 70.0 Å². The van der Waals surface area contributed by atoms with Gasteiger partial charge in [-0.15, -0.1) is 0 Å². The van der Waals surface area contributed by atoms with Crippen LogP contribution < -0.4 is 25.7 Å². The highest BCUT2D eigenvalue weighted by Gasteiger charge is 2.41. The molecule has 218 valence electrons. The number of likely N-dealkylation sites (tertiary alicyclic amines) is 1. The lowest BCUT2D eigenvalue weighted by molar-refractivity contribution is -0.229. The van der Waals surface area contributed by atoms with E-state index in [1.807, 2.05) is 32.0 Å². The number of aliphatic imine (C=N–C) groups is 1. The van der Waals surface area contributed by atoms with Crippen LogP contribution in [0.3, 0.4) is 0 Å². The molecule has 1 saturated heterocycles. The number of ether oxygens (including phenoxy) is 4. The molecule has 0 aliphatic carbocycles. The van der Waals surface area contributed by atoms with Gasteiger partial charge in [0.25, 0.3) is 0 Å². The minimum Gasteiger partial charge on any atom is -0.493 e. The van der Waals surface area contributed by atoms with Crippen LogP contribution in [0, 0.1) is 13.8 Å². The van der Waals surface area contributed by atoms with Gasteiger partial charge in [0.2, 0.25) is 5.79 Å². The maximum absolute atomic E-state index is 6.51. The van der Waals surface area contributed by atoms with Crippen molar-refractivity contribution in [2.45, 2.75) is 65.2 Å². The minimum absolute atomic E-state index is 0.445. The summed E-state index contributed by atoms with van der Waals surface area (Å²) in [6, 6.07) is 10.1. The number of hydrogen-bond donors (Lipinski definition) is 2. The lowest BCUT2D eigenvalue weighted by Crippen LogP contribution is -2.52. The van der Waals surface area contributed by atoms with Crippen LogP contribution in [0.1, 0.15) is 66.4 Å². The Kier molecular flexibility index (Phi) is 8.17. The number of methoxy groups -OCH3 is 1. The first-order valence-corrected chi connectivity index (χ1v) is 14.0. The highest BCUT2D eigenvalue weighted by Crippen LogP contribution is 2.40. The number of anilines is 1. The van der Waals surface area contributed by atoms with Gasteiger partial charge in [0.15, 0.2) is 17.7 Å². The molecule has 0 radical (unpaired) electrons. The highest BCUT2D eigenvalue weighted by molar-refractivity contribution is 6.16. The van der Waals surface area contributed by atoms with Gasteiger partial charge < -0.3 is 29.6 Å². The monoisotopic (exact) mass is 560 g/mol. The van der Waals surface area contributed by atoms with Gasteiger partial charge in [0.1, 0.15) is 5.75 Å². The largest absolute Gasteiger partial charge is 0.493 e. The third kappa shape index (κ3) is 5.72. The van der Waals surface area contributed by atoms with Crippen LogP contribution in [-0.2, 0) is 11.3 Å². The van der Waals surface area contributed by atoms with Gasteiger partial charge in [0, 0.05) is 73.0 Å². The molecule has 1 spiro atoms. The van der Waals surface area contributed by atoms with E-state index in [2.05, 4.69) is 40.0 Å². The molecular formula is C31H40N6O4. The fourth-order valence-corrected chi connectivity index (χ4v) is 5.68. The number of hydrogen-bond acceptors (Lipinski definition) is 10. The second kappa shape index (κ2) is 11.6. The number of nitrogen functional groups attached to an aromatic ring is 1. The fourth-order valence-electron chi connectivity index (χ4n) is 5.68. The summed E-state index contributed by atoms with van der Waals surface area (Å²) in [5, 5.41) is 8.12. The van der Waals surface area contributed by atoms with Gasteiger partial charge >= 0.3 is 0 Å². The van der Waals surface area contributed by atoms with Crippen molar-refractivity contribution in [1.29, 1.82) is 0 Å².